The molecule has 1 saturated carbocycles. The molecule has 3 rings (SSSR count). The van der Waals surface area contributed by atoms with E-state index < -0.39 is 0 Å². The molecule has 2 atom stereocenters. The predicted molar refractivity (Wildman–Crippen MR) is 85.0 cm³/mol. The van der Waals surface area contributed by atoms with Crippen LogP contribution in [0.2, 0.25) is 0 Å². The fraction of sp³-hybridized carbons (Fsp3) is 0.667. The monoisotopic (exact) mass is 272 g/mol. The van der Waals surface area contributed by atoms with E-state index in [2.05, 4.69) is 48.3 Å². The summed E-state index contributed by atoms with van der Waals surface area (Å²) in [4.78, 5) is 2.68. The molecule has 1 aromatic carbocycles. The molecule has 0 aromatic heterocycles. The van der Waals surface area contributed by atoms with Gasteiger partial charge in [0.15, 0.2) is 0 Å². The van der Waals surface area contributed by atoms with Crippen LogP contribution >= 0.6 is 0 Å². The third-order valence-corrected chi connectivity index (χ3v) is 4.99. The number of nitrogens with one attached hydrogen (secondary N) is 1. The van der Waals surface area contributed by atoms with E-state index in [9.17, 15) is 0 Å². The van der Waals surface area contributed by atoms with Gasteiger partial charge in [0.05, 0.1) is 0 Å². The van der Waals surface area contributed by atoms with Gasteiger partial charge >= 0.3 is 0 Å². The van der Waals surface area contributed by atoms with Gasteiger partial charge < -0.3 is 5.32 Å². The molecule has 1 aliphatic carbocycles. The molecule has 2 unspecified atom stereocenters. The average molecular weight is 272 g/mol. The summed E-state index contributed by atoms with van der Waals surface area (Å²) in [5.41, 5.74) is 3.03. The number of benzene rings is 1. The Morgan fingerprint density at radius 3 is 2.45 bits per heavy atom. The van der Waals surface area contributed by atoms with Gasteiger partial charge in [-0.05, 0) is 42.7 Å². The molecule has 0 bridgehead atoms. The first-order valence-corrected chi connectivity index (χ1v) is 8.36. The second-order valence-electron chi connectivity index (χ2n) is 6.52. The highest BCUT2D eigenvalue weighted by Gasteiger charge is 2.26. The topological polar surface area (TPSA) is 15.3 Å². The van der Waals surface area contributed by atoms with Gasteiger partial charge in [0, 0.05) is 31.7 Å². The molecule has 20 heavy (non-hydrogen) atoms. The SMILES string of the molecule is CCC1CN(Cc2ccc(C3CC3)cc2)C(CC)CN1. The van der Waals surface area contributed by atoms with Gasteiger partial charge in [-0.15, -0.1) is 0 Å². The highest BCUT2D eigenvalue weighted by Crippen LogP contribution is 2.39. The zero-order valence-electron chi connectivity index (χ0n) is 12.9. The standard InChI is InChI=1S/C18H28N2/c1-3-17-13-20(18(4-2)11-19-17)12-14-5-7-15(8-6-14)16-9-10-16/h5-8,16-19H,3-4,9-13H2,1-2H3. The summed E-state index contributed by atoms with van der Waals surface area (Å²) in [6.07, 6.45) is 5.26. The third kappa shape index (κ3) is 3.24. The van der Waals surface area contributed by atoms with Crippen molar-refractivity contribution in [2.75, 3.05) is 13.1 Å². The zero-order chi connectivity index (χ0) is 13.9. The lowest BCUT2D eigenvalue weighted by Gasteiger charge is -2.40. The van der Waals surface area contributed by atoms with Crippen LogP contribution in [0.4, 0.5) is 0 Å². The highest BCUT2D eigenvalue weighted by atomic mass is 15.2. The number of rotatable bonds is 5. The van der Waals surface area contributed by atoms with Crippen molar-refractivity contribution in [1.82, 2.24) is 10.2 Å². The van der Waals surface area contributed by atoms with Gasteiger partial charge in [-0.25, -0.2) is 0 Å². The van der Waals surface area contributed by atoms with Crippen molar-refractivity contribution in [2.45, 2.75) is 64.1 Å². The van der Waals surface area contributed by atoms with Crippen molar-refractivity contribution in [3.63, 3.8) is 0 Å². The van der Waals surface area contributed by atoms with E-state index in [-0.39, 0.29) is 0 Å². The Morgan fingerprint density at radius 2 is 1.85 bits per heavy atom. The van der Waals surface area contributed by atoms with Crippen molar-refractivity contribution in [3.8, 4) is 0 Å². The second-order valence-corrected chi connectivity index (χ2v) is 6.52. The number of hydrogen-bond donors (Lipinski definition) is 1. The van der Waals surface area contributed by atoms with E-state index in [1.54, 1.807) is 5.56 Å². The minimum Gasteiger partial charge on any atom is -0.311 e. The summed E-state index contributed by atoms with van der Waals surface area (Å²) in [6, 6.07) is 10.8. The summed E-state index contributed by atoms with van der Waals surface area (Å²) in [5.74, 6) is 0.871. The lowest BCUT2D eigenvalue weighted by atomic mass is 10.0. The molecular weight excluding hydrogens is 244 g/mol. The largest absolute Gasteiger partial charge is 0.311 e. The van der Waals surface area contributed by atoms with Crippen molar-refractivity contribution in [1.29, 1.82) is 0 Å². The van der Waals surface area contributed by atoms with Crippen LogP contribution in [0.1, 0.15) is 56.6 Å². The fourth-order valence-electron chi connectivity index (χ4n) is 3.34. The van der Waals surface area contributed by atoms with Crippen molar-refractivity contribution in [2.24, 2.45) is 0 Å². The van der Waals surface area contributed by atoms with Crippen LogP contribution < -0.4 is 5.32 Å². The molecule has 1 N–H and O–H groups in total. The molecule has 1 aromatic rings. The molecular formula is C18H28N2. The van der Waals surface area contributed by atoms with E-state index in [1.165, 1.54) is 37.8 Å². The smallest absolute Gasteiger partial charge is 0.0237 e. The van der Waals surface area contributed by atoms with E-state index in [1.807, 2.05) is 0 Å². The minimum atomic E-state index is 0.670. The molecule has 1 aliphatic heterocycles. The molecule has 0 amide bonds. The lowest BCUT2D eigenvalue weighted by Crippen LogP contribution is -2.55. The summed E-state index contributed by atoms with van der Waals surface area (Å²) in [5, 5.41) is 3.68. The molecule has 2 aliphatic rings. The lowest BCUT2D eigenvalue weighted by molar-refractivity contribution is 0.117. The summed E-state index contributed by atoms with van der Waals surface area (Å²) in [7, 11) is 0. The van der Waals surface area contributed by atoms with Crippen molar-refractivity contribution in [3.05, 3.63) is 35.4 Å². The third-order valence-electron chi connectivity index (χ3n) is 4.99. The Hall–Kier alpha value is -0.860. The predicted octanol–water partition coefficient (Wildman–Crippen LogP) is 3.53. The number of nitrogens with zero attached hydrogens (tertiary/aromatic N) is 1. The van der Waals surface area contributed by atoms with E-state index in [0.29, 0.717) is 12.1 Å². The molecule has 1 saturated heterocycles. The van der Waals surface area contributed by atoms with Gasteiger partial charge in [0.2, 0.25) is 0 Å². The number of piperazine rings is 1. The van der Waals surface area contributed by atoms with Crippen LogP contribution in [-0.4, -0.2) is 30.1 Å². The van der Waals surface area contributed by atoms with Crippen LogP contribution in [0.3, 0.4) is 0 Å². The maximum atomic E-state index is 3.68. The van der Waals surface area contributed by atoms with E-state index in [0.717, 1.165) is 19.0 Å². The quantitative estimate of drug-likeness (QED) is 0.882. The first-order valence-electron chi connectivity index (χ1n) is 8.36. The molecule has 2 heteroatoms. The summed E-state index contributed by atoms with van der Waals surface area (Å²) >= 11 is 0. The zero-order valence-corrected chi connectivity index (χ0v) is 12.9. The van der Waals surface area contributed by atoms with Crippen LogP contribution in [0.15, 0.2) is 24.3 Å². The van der Waals surface area contributed by atoms with Crippen molar-refractivity contribution < 1.29 is 0 Å². The molecule has 2 nitrogen and oxygen atoms in total. The van der Waals surface area contributed by atoms with Crippen LogP contribution in [0.25, 0.3) is 0 Å². The van der Waals surface area contributed by atoms with Gasteiger partial charge in [-0.2, -0.15) is 0 Å². The normalized spacial score (nSPS) is 27.7. The molecule has 0 spiro atoms. The van der Waals surface area contributed by atoms with Gasteiger partial charge in [-0.1, -0.05) is 38.1 Å². The minimum absolute atomic E-state index is 0.670. The summed E-state index contributed by atoms with van der Waals surface area (Å²) < 4.78 is 0. The second kappa shape index (κ2) is 6.28. The molecule has 0 radical (unpaired) electrons. The van der Waals surface area contributed by atoms with Crippen molar-refractivity contribution >= 4 is 0 Å². The van der Waals surface area contributed by atoms with Crippen LogP contribution in [0.5, 0.6) is 0 Å². The Balaban J connectivity index is 1.64. The first-order chi connectivity index (χ1) is 9.80. The summed E-state index contributed by atoms with van der Waals surface area (Å²) in [6.45, 7) is 8.05. The Kier molecular flexibility index (Phi) is 4.42. The average Bonchev–Trinajstić information content (AvgIpc) is 3.32. The van der Waals surface area contributed by atoms with Crippen LogP contribution in [-0.2, 0) is 6.54 Å². The molecule has 2 fully saturated rings. The Bertz CT molecular complexity index is 422. The van der Waals surface area contributed by atoms with Gasteiger partial charge in [0.25, 0.3) is 0 Å². The first kappa shape index (κ1) is 14.1. The maximum Gasteiger partial charge on any atom is 0.0237 e. The Labute approximate surface area is 123 Å². The van der Waals surface area contributed by atoms with E-state index >= 15 is 0 Å². The molecule has 110 valence electrons. The molecule has 1 heterocycles. The number of hydrogen-bond acceptors (Lipinski definition) is 2. The Morgan fingerprint density at radius 1 is 1.10 bits per heavy atom. The maximum absolute atomic E-state index is 3.68. The van der Waals surface area contributed by atoms with Gasteiger partial charge in [0.1, 0.15) is 0 Å². The highest BCUT2D eigenvalue weighted by molar-refractivity contribution is 5.28. The van der Waals surface area contributed by atoms with Gasteiger partial charge in [-0.3, -0.25) is 4.90 Å². The van der Waals surface area contributed by atoms with Crippen LogP contribution in [0, 0.1) is 0 Å². The fourth-order valence-corrected chi connectivity index (χ4v) is 3.34. The van der Waals surface area contributed by atoms with E-state index in [4.69, 9.17) is 0 Å².